The number of nitrogens with zero attached hydrogens (tertiary/aromatic N) is 2. The Morgan fingerprint density at radius 3 is 2.42 bits per heavy atom. The Balaban J connectivity index is 1.97. The second-order valence-electron chi connectivity index (χ2n) is 6.57. The van der Waals surface area contributed by atoms with Gasteiger partial charge in [-0.05, 0) is 53.1 Å². The minimum absolute atomic E-state index is 0.0293. The van der Waals surface area contributed by atoms with E-state index in [-0.39, 0.29) is 11.9 Å². The minimum atomic E-state index is -0.0293. The molecule has 0 aromatic heterocycles. The van der Waals surface area contributed by atoms with Gasteiger partial charge in [-0.3, -0.25) is 9.69 Å². The molecule has 1 amide bonds. The molecule has 140 valence electrons. The first kappa shape index (κ1) is 19.2. The maximum absolute atomic E-state index is 13.1. The number of thiocarbonyl (C=S) groups is 1. The van der Waals surface area contributed by atoms with Crippen molar-refractivity contribution in [2.45, 2.75) is 38.1 Å². The van der Waals surface area contributed by atoms with Crippen LogP contribution in [0.1, 0.15) is 37.7 Å². The number of hydrogen-bond acceptors (Lipinski definition) is 4. The lowest BCUT2D eigenvalue weighted by Crippen LogP contribution is -2.41. The van der Waals surface area contributed by atoms with Crippen molar-refractivity contribution in [3.63, 3.8) is 0 Å². The van der Waals surface area contributed by atoms with Crippen molar-refractivity contribution >= 4 is 45.2 Å². The molecule has 1 aliphatic carbocycles. The molecule has 2 aliphatic rings. The van der Waals surface area contributed by atoms with Gasteiger partial charge in [0.25, 0.3) is 5.91 Å². The van der Waals surface area contributed by atoms with Crippen molar-refractivity contribution in [3.8, 4) is 11.5 Å². The number of amides is 1. The van der Waals surface area contributed by atoms with E-state index in [1.54, 1.807) is 30.1 Å². The van der Waals surface area contributed by atoms with E-state index in [9.17, 15) is 4.79 Å². The monoisotopic (exact) mass is 438 g/mol. The zero-order chi connectivity index (χ0) is 18.8. The van der Waals surface area contributed by atoms with Crippen molar-refractivity contribution in [1.82, 2.24) is 9.80 Å². The molecule has 1 heterocycles. The second-order valence-corrected chi connectivity index (χ2v) is 7.79. The Morgan fingerprint density at radius 2 is 1.81 bits per heavy atom. The lowest BCUT2D eigenvalue weighted by Gasteiger charge is -2.30. The number of methoxy groups -OCH3 is 2. The number of rotatable bonds is 4. The summed E-state index contributed by atoms with van der Waals surface area (Å²) in [5.41, 5.74) is 1.36. The summed E-state index contributed by atoms with van der Waals surface area (Å²) < 4.78 is 11.6. The van der Waals surface area contributed by atoms with Crippen LogP contribution >= 0.6 is 28.1 Å². The van der Waals surface area contributed by atoms with E-state index in [0.29, 0.717) is 22.3 Å². The van der Waals surface area contributed by atoms with Gasteiger partial charge in [0.2, 0.25) is 0 Å². The standard InChI is InChI=1S/C19H23BrN2O3S/c1-21-15(10-12-9-14(20)17(25-3)11-16(12)24-2)18(23)22(19(21)26)13-7-5-4-6-8-13/h9-11,13H,4-8H2,1-3H3/b15-10-. The van der Waals surface area contributed by atoms with E-state index in [1.165, 1.54) is 6.42 Å². The first-order valence-electron chi connectivity index (χ1n) is 8.72. The van der Waals surface area contributed by atoms with Crippen LogP contribution in [0.2, 0.25) is 0 Å². The molecule has 1 aromatic carbocycles. The fourth-order valence-corrected chi connectivity index (χ4v) is 4.43. The first-order valence-corrected chi connectivity index (χ1v) is 9.92. The Bertz CT molecular complexity index is 759. The van der Waals surface area contributed by atoms with Crippen molar-refractivity contribution in [1.29, 1.82) is 0 Å². The Hall–Kier alpha value is -1.60. The van der Waals surface area contributed by atoms with E-state index in [1.807, 2.05) is 19.2 Å². The number of ether oxygens (including phenoxy) is 2. The van der Waals surface area contributed by atoms with Gasteiger partial charge in [0.1, 0.15) is 17.2 Å². The molecule has 7 heteroatoms. The third-order valence-corrected chi connectivity index (χ3v) is 6.12. The average molecular weight is 439 g/mol. The highest BCUT2D eigenvalue weighted by atomic mass is 79.9. The van der Waals surface area contributed by atoms with Gasteiger partial charge >= 0.3 is 0 Å². The molecule has 0 atom stereocenters. The molecule has 1 aliphatic heterocycles. The maximum Gasteiger partial charge on any atom is 0.277 e. The SMILES string of the molecule is COc1cc(OC)c(/C=C2/C(=O)N(C3CCCCC3)C(=S)N2C)cc1Br. The molecular formula is C19H23BrN2O3S. The lowest BCUT2D eigenvalue weighted by molar-refractivity contribution is -0.124. The van der Waals surface area contributed by atoms with Gasteiger partial charge < -0.3 is 14.4 Å². The summed E-state index contributed by atoms with van der Waals surface area (Å²) in [6.45, 7) is 0. The number of likely N-dealkylation sites (N-methyl/N-ethyl adjacent to an activating group) is 1. The van der Waals surface area contributed by atoms with Crippen LogP contribution in [0.3, 0.4) is 0 Å². The summed E-state index contributed by atoms with van der Waals surface area (Å²) in [6.07, 6.45) is 7.41. The fraction of sp³-hybridized carbons (Fsp3) is 0.474. The zero-order valence-corrected chi connectivity index (χ0v) is 17.7. The summed E-state index contributed by atoms with van der Waals surface area (Å²) in [4.78, 5) is 16.7. The van der Waals surface area contributed by atoms with E-state index in [2.05, 4.69) is 15.9 Å². The molecule has 3 rings (SSSR count). The molecule has 0 spiro atoms. The van der Waals surface area contributed by atoms with Gasteiger partial charge in [0.05, 0.1) is 18.7 Å². The van der Waals surface area contributed by atoms with Crippen molar-refractivity contribution in [3.05, 3.63) is 27.9 Å². The van der Waals surface area contributed by atoms with Gasteiger partial charge in [-0.25, -0.2) is 0 Å². The molecule has 1 aromatic rings. The minimum Gasteiger partial charge on any atom is -0.496 e. The average Bonchev–Trinajstić information content (AvgIpc) is 2.86. The Kier molecular flexibility index (Phi) is 5.87. The van der Waals surface area contributed by atoms with Crippen LogP contribution in [0.5, 0.6) is 11.5 Å². The van der Waals surface area contributed by atoms with Crippen LogP contribution in [0.15, 0.2) is 22.3 Å². The van der Waals surface area contributed by atoms with Gasteiger partial charge in [-0.1, -0.05) is 19.3 Å². The molecule has 0 unspecified atom stereocenters. The molecule has 0 radical (unpaired) electrons. The van der Waals surface area contributed by atoms with E-state index < -0.39 is 0 Å². The van der Waals surface area contributed by atoms with Crippen LogP contribution in [-0.4, -0.2) is 48.1 Å². The normalized spacial score (nSPS) is 20.2. The Labute approximate surface area is 168 Å². The highest BCUT2D eigenvalue weighted by Crippen LogP contribution is 2.36. The largest absolute Gasteiger partial charge is 0.496 e. The first-order chi connectivity index (χ1) is 12.5. The molecule has 0 N–H and O–H groups in total. The van der Waals surface area contributed by atoms with Crippen molar-refractivity contribution < 1.29 is 14.3 Å². The fourth-order valence-electron chi connectivity index (χ4n) is 3.58. The van der Waals surface area contributed by atoms with E-state index in [4.69, 9.17) is 21.7 Å². The van der Waals surface area contributed by atoms with E-state index in [0.717, 1.165) is 35.7 Å². The highest BCUT2D eigenvalue weighted by Gasteiger charge is 2.40. The predicted octanol–water partition coefficient (Wildman–Crippen LogP) is 4.20. The number of benzene rings is 1. The number of hydrogen-bond donors (Lipinski definition) is 0. The van der Waals surface area contributed by atoms with Crippen LogP contribution in [0.4, 0.5) is 0 Å². The molecular weight excluding hydrogens is 416 g/mol. The second kappa shape index (κ2) is 7.96. The third kappa shape index (κ3) is 3.47. The van der Waals surface area contributed by atoms with Crippen LogP contribution in [0.25, 0.3) is 6.08 Å². The number of halogens is 1. The summed E-state index contributed by atoms with van der Waals surface area (Å²) >= 11 is 9.06. The molecule has 26 heavy (non-hydrogen) atoms. The van der Waals surface area contributed by atoms with Gasteiger partial charge in [-0.15, -0.1) is 0 Å². The lowest BCUT2D eigenvalue weighted by atomic mass is 9.94. The Morgan fingerprint density at radius 1 is 1.15 bits per heavy atom. The molecule has 0 bridgehead atoms. The van der Waals surface area contributed by atoms with Crippen LogP contribution in [0, 0.1) is 0 Å². The topological polar surface area (TPSA) is 42.0 Å². The van der Waals surface area contributed by atoms with Gasteiger partial charge in [-0.2, -0.15) is 0 Å². The summed E-state index contributed by atoms with van der Waals surface area (Å²) in [5, 5.41) is 0.583. The third-order valence-electron chi connectivity index (χ3n) is 5.03. The quantitative estimate of drug-likeness (QED) is 0.520. The van der Waals surface area contributed by atoms with Gasteiger partial charge in [0, 0.05) is 24.7 Å². The zero-order valence-electron chi connectivity index (χ0n) is 15.3. The highest BCUT2D eigenvalue weighted by molar-refractivity contribution is 9.10. The van der Waals surface area contributed by atoms with Gasteiger partial charge in [0.15, 0.2) is 5.11 Å². The molecule has 1 saturated carbocycles. The van der Waals surface area contributed by atoms with Crippen molar-refractivity contribution in [2.24, 2.45) is 0 Å². The van der Waals surface area contributed by atoms with Crippen LogP contribution < -0.4 is 9.47 Å². The summed E-state index contributed by atoms with van der Waals surface area (Å²) in [7, 11) is 5.05. The van der Waals surface area contributed by atoms with Crippen LogP contribution in [-0.2, 0) is 4.79 Å². The smallest absolute Gasteiger partial charge is 0.277 e. The van der Waals surface area contributed by atoms with Crippen molar-refractivity contribution in [2.75, 3.05) is 21.3 Å². The molecule has 5 nitrogen and oxygen atoms in total. The molecule has 1 saturated heterocycles. The summed E-state index contributed by atoms with van der Waals surface area (Å²) in [5.74, 6) is 1.29. The number of carbonyl (C=O) groups is 1. The van der Waals surface area contributed by atoms with E-state index >= 15 is 0 Å². The maximum atomic E-state index is 13.1. The molecule has 2 fully saturated rings. The summed E-state index contributed by atoms with van der Waals surface area (Å²) in [6, 6.07) is 3.90. The number of carbonyl (C=O) groups excluding carboxylic acids is 1. The predicted molar refractivity (Wildman–Crippen MR) is 109 cm³/mol.